The standard InChI is InChI=1S/C5H3FN4OS/c6-3-1-2-12-4(3)10-5(11)7-8-9-10/h1-2H,(H,7,9,11). The van der Waals surface area contributed by atoms with Crippen molar-refractivity contribution >= 4 is 11.3 Å². The second kappa shape index (κ2) is 2.52. The topological polar surface area (TPSA) is 63.6 Å². The molecule has 0 spiro atoms. The number of aromatic nitrogens is 4. The lowest BCUT2D eigenvalue weighted by atomic mass is 10.6. The lowest BCUT2D eigenvalue weighted by Crippen LogP contribution is -2.15. The Morgan fingerprint density at radius 2 is 2.50 bits per heavy atom. The van der Waals surface area contributed by atoms with Crippen LogP contribution in [-0.4, -0.2) is 20.2 Å². The first-order valence-corrected chi connectivity index (χ1v) is 3.91. The fourth-order valence-electron chi connectivity index (χ4n) is 0.768. The molecule has 2 heterocycles. The van der Waals surface area contributed by atoms with E-state index in [9.17, 15) is 9.18 Å². The van der Waals surface area contributed by atoms with Crippen molar-refractivity contribution in [3.63, 3.8) is 0 Å². The molecule has 7 heteroatoms. The zero-order valence-corrected chi connectivity index (χ0v) is 6.51. The van der Waals surface area contributed by atoms with Crippen molar-refractivity contribution in [2.75, 3.05) is 0 Å². The molecule has 0 aliphatic carbocycles. The van der Waals surface area contributed by atoms with Gasteiger partial charge in [0.15, 0.2) is 10.8 Å². The van der Waals surface area contributed by atoms with Crippen molar-refractivity contribution in [3.05, 3.63) is 27.7 Å². The molecule has 0 unspecified atom stereocenters. The average Bonchev–Trinajstić information content (AvgIpc) is 2.59. The van der Waals surface area contributed by atoms with Gasteiger partial charge < -0.3 is 0 Å². The fraction of sp³-hybridized carbons (Fsp3) is 0. The molecular formula is C5H3FN4OS. The van der Waals surface area contributed by atoms with Crippen LogP contribution in [-0.2, 0) is 0 Å². The Labute approximate surface area is 69.4 Å². The molecule has 0 amide bonds. The molecule has 0 atom stereocenters. The maximum atomic E-state index is 12.9. The molecule has 1 N–H and O–H groups in total. The quantitative estimate of drug-likeness (QED) is 0.689. The zero-order chi connectivity index (χ0) is 8.55. The summed E-state index contributed by atoms with van der Waals surface area (Å²) in [6.07, 6.45) is 0. The Bertz CT molecular complexity index is 444. The lowest BCUT2D eigenvalue weighted by Gasteiger charge is -1.89. The molecule has 0 aromatic carbocycles. The molecule has 62 valence electrons. The van der Waals surface area contributed by atoms with Crippen molar-refractivity contribution in [1.29, 1.82) is 0 Å². The van der Waals surface area contributed by atoms with E-state index in [1.54, 1.807) is 0 Å². The number of tetrazole rings is 1. The second-order valence-corrected chi connectivity index (χ2v) is 2.89. The van der Waals surface area contributed by atoms with E-state index >= 15 is 0 Å². The minimum atomic E-state index is -0.545. The van der Waals surface area contributed by atoms with Gasteiger partial charge in [-0.15, -0.1) is 16.0 Å². The number of nitrogens with zero attached hydrogens (tertiary/aromatic N) is 3. The Hall–Kier alpha value is -1.50. The summed E-state index contributed by atoms with van der Waals surface area (Å²) in [6, 6.07) is 1.27. The van der Waals surface area contributed by atoms with Crippen LogP contribution in [0.3, 0.4) is 0 Å². The van der Waals surface area contributed by atoms with Gasteiger partial charge in [0.2, 0.25) is 0 Å². The molecule has 0 aliphatic rings. The number of H-pyrrole nitrogens is 1. The van der Waals surface area contributed by atoms with Crippen molar-refractivity contribution in [2.24, 2.45) is 0 Å². The van der Waals surface area contributed by atoms with E-state index in [1.807, 2.05) is 0 Å². The minimum absolute atomic E-state index is 0.147. The van der Waals surface area contributed by atoms with Gasteiger partial charge >= 0.3 is 5.69 Å². The summed E-state index contributed by atoms with van der Waals surface area (Å²) in [6.45, 7) is 0. The second-order valence-electron chi connectivity index (χ2n) is 1.99. The average molecular weight is 186 g/mol. The van der Waals surface area contributed by atoms with Crippen LogP contribution in [0.1, 0.15) is 0 Å². The molecule has 12 heavy (non-hydrogen) atoms. The number of hydrogen-bond donors (Lipinski definition) is 1. The Morgan fingerprint density at radius 3 is 3.00 bits per heavy atom. The normalized spacial score (nSPS) is 10.4. The minimum Gasteiger partial charge on any atom is -0.244 e. The van der Waals surface area contributed by atoms with Crippen LogP contribution in [0.2, 0.25) is 0 Å². The van der Waals surface area contributed by atoms with Gasteiger partial charge in [-0.1, -0.05) is 0 Å². The van der Waals surface area contributed by atoms with Gasteiger partial charge in [0.1, 0.15) is 0 Å². The van der Waals surface area contributed by atoms with Crippen LogP contribution in [0.5, 0.6) is 0 Å². The smallest absolute Gasteiger partial charge is 0.244 e. The summed E-state index contributed by atoms with van der Waals surface area (Å²) >= 11 is 1.09. The van der Waals surface area contributed by atoms with E-state index in [-0.39, 0.29) is 5.00 Å². The van der Waals surface area contributed by atoms with Crippen LogP contribution in [0, 0.1) is 5.82 Å². The van der Waals surface area contributed by atoms with Gasteiger partial charge in [-0.3, -0.25) is 0 Å². The highest BCUT2D eigenvalue weighted by atomic mass is 32.1. The highest BCUT2D eigenvalue weighted by Gasteiger charge is 2.09. The number of hydrogen-bond acceptors (Lipinski definition) is 4. The van der Waals surface area contributed by atoms with Crippen LogP contribution < -0.4 is 5.69 Å². The SMILES string of the molecule is O=c1[nH]nnn1-c1sccc1F. The molecule has 0 saturated carbocycles. The van der Waals surface area contributed by atoms with E-state index in [2.05, 4.69) is 15.5 Å². The monoisotopic (exact) mass is 186 g/mol. The Kier molecular flexibility index (Phi) is 1.51. The predicted octanol–water partition coefficient (Wildman–Crippen LogP) is 0.156. The molecule has 0 bridgehead atoms. The molecule has 0 radical (unpaired) electrons. The number of aromatic amines is 1. The van der Waals surface area contributed by atoms with Gasteiger partial charge in [0.25, 0.3) is 0 Å². The first-order chi connectivity index (χ1) is 5.79. The van der Waals surface area contributed by atoms with E-state index in [1.165, 1.54) is 11.4 Å². The molecule has 0 saturated heterocycles. The Morgan fingerprint density at radius 1 is 1.67 bits per heavy atom. The van der Waals surface area contributed by atoms with Crippen molar-refractivity contribution < 1.29 is 4.39 Å². The Balaban J connectivity index is 2.65. The predicted molar refractivity (Wildman–Crippen MR) is 39.8 cm³/mol. The third kappa shape index (κ3) is 0.944. The summed E-state index contributed by atoms with van der Waals surface area (Å²) < 4.78 is 13.7. The maximum absolute atomic E-state index is 12.9. The van der Waals surface area contributed by atoms with E-state index < -0.39 is 11.5 Å². The third-order valence-electron chi connectivity index (χ3n) is 1.26. The lowest BCUT2D eigenvalue weighted by molar-refractivity contribution is 0.613. The fourth-order valence-corrected chi connectivity index (χ4v) is 1.48. The van der Waals surface area contributed by atoms with Gasteiger partial charge in [0, 0.05) is 0 Å². The summed E-state index contributed by atoms with van der Waals surface area (Å²) in [5.74, 6) is -0.476. The molecule has 5 nitrogen and oxygen atoms in total. The molecular weight excluding hydrogens is 183 g/mol. The van der Waals surface area contributed by atoms with Crippen LogP contribution in [0.25, 0.3) is 5.00 Å². The molecule has 2 aromatic rings. The van der Waals surface area contributed by atoms with Crippen molar-refractivity contribution in [3.8, 4) is 5.00 Å². The van der Waals surface area contributed by atoms with Gasteiger partial charge in [0.05, 0.1) is 0 Å². The zero-order valence-electron chi connectivity index (χ0n) is 5.69. The van der Waals surface area contributed by atoms with Crippen LogP contribution in [0.4, 0.5) is 4.39 Å². The maximum Gasteiger partial charge on any atom is 0.366 e. The summed E-state index contributed by atoms with van der Waals surface area (Å²) in [4.78, 5) is 10.9. The largest absolute Gasteiger partial charge is 0.366 e. The highest BCUT2D eigenvalue weighted by molar-refractivity contribution is 7.12. The summed E-state index contributed by atoms with van der Waals surface area (Å²) in [5.41, 5.74) is -0.545. The first-order valence-electron chi connectivity index (χ1n) is 3.03. The van der Waals surface area contributed by atoms with E-state index in [0.29, 0.717) is 0 Å². The van der Waals surface area contributed by atoms with Crippen molar-refractivity contribution in [1.82, 2.24) is 20.2 Å². The van der Waals surface area contributed by atoms with Crippen molar-refractivity contribution in [2.45, 2.75) is 0 Å². The summed E-state index contributed by atoms with van der Waals surface area (Å²) in [5, 5.41) is 10.4. The highest BCUT2D eigenvalue weighted by Crippen LogP contribution is 2.16. The first kappa shape index (κ1) is 7.17. The number of nitrogens with one attached hydrogen (secondary N) is 1. The van der Waals surface area contributed by atoms with Gasteiger partial charge in [-0.2, -0.15) is 0 Å². The molecule has 2 rings (SSSR count). The molecule has 0 fully saturated rings. The van der Waals surface area contributed by atoms with Gasteiger partial charge in [-0.25, -0.2) is 14.3 Å². The third-order valence-corrected chi connectivity index (χ3v) is 2.13. The van der Waals surface area contributed by atoms with Crippen LogP contribution >= 0.6 is 11.3 Å². The van der Waals surface area contributed by atoms with E-state index in [0.717, 1.165) is 16.0 Å². The van der Waals surface area contributed by atoms with Crippen LogP contribution in [0.15, 0.2) is 16.2 Å². The summed E-state index contributed by atoms with van der Waals surface area (Å²) in [7, 11) is 0. The van der Waals surface area contributed by atoms with E-state index in [4.69, 9.17) is 0 Å². The molecule has 2 aromatic heterocycles. The number of rotatable bonds is 1. The van der Waals surface area contributed by atoms with Gasteiger partial charge in [-0.05, 0) is 21.9 Å². The number of halogens is 1. The molecule has 0 aliphatic heterocycles. The number of thiophene rings is 1.